The molecule has 0 radical (unpaired) electrons. The molecule has 0 saturated carbocycles. The molecule has 1 saturated heterocycles. The fourth-order valence-electron chi connectivity index (χ4n) is 1.28. The molecule has 0 aromatic rings. The topological polar surface area (TPSA) is 20.3 Å². The lowest BCUT2D eigenvalue weighted by molar-refractivity contribution is -0.121. The van der Waals surface area contributed by atoms with Gasteiger partial charge in [0.05, 0.1) is 6.54 Å². The lowest BCUT2D eigenvalue weighted by Gasteiger charge is -2.24. The minimum Gasteiger partial charge on any atom is -0.298 e. The number of halogens is 1. The number of piperidine rings is 1. The summed E-state index contributed by atoms with van der Waals surface area (Å²) in [5.74, 6) is 0.352. The van der Waals surface area contributed by atoms with Crippen molar-refractivity contribution in [3.63, 3.8) is 0 Å². The van der Waals surface area contributed by atoms with Crippen molar-refractivity contribution in [2.24, 2.45) is 0 Å². The molecular weight excluding hydrogens is 206 g/mol. The van der Waals surface area contributed by atoms with Crippen molar-refractivity contribution in [2.45, 2.75) is 12.8 Å². The van der Waals surface area contributed by atoms with Gasteiger partial charge in [-0.3, -0.25) is 9.69 Å². The summed E-state index contributed by atoms with van der Waals surface area (Å²) in [6, 6.07) is 0. The summed E-state index contributed by atoms with van der Waals surface area (Å²) < 4.78 is 0.951. The SMILES string of the molecule is C=C(Br)CN1CCCC(=O)C1. The van der Waals surface area contributed by atoms with Crippen LogP contribution in [0.1, 0.15) is 12.8 Å². The van der Waals surface area contributed by atoms with Crippen LogP contribution in [-0.2, 0) is 4.79 Å². The third-order valence-corrected chi connectivity index (χ3v) is 1.98. The summed E-state index contributed by atoms with van der Waals surface area (Å²) >= 11 is 3.28. The summed E-state index contributed by atoms with van der Waals surface area (Å²) in [5.41, 5.74) is 0. The highest BCUT2D eigenvalue weighted by Crippen LogP contribution is 2.10. The average molecular weight is 218 g/mol. The van der Waals surface area contributed by atoms with Crippen molar-refractivity contribution in [1.82, 2.24) is 4.90 Å². The molecule has 62 valence electrons. The van der Waals surface area contributed by atoms with Gasteiger partial charge in [0.2, 0.25) is 0 Å². The number of carbonyl (C=O) groups is 1. The average Bonchev–Trinajstić information content (AvgIpc) is 1.85. The van der Waals surface area contributed by atoms with Crippen molar-refractivity contribution in [1.29, 1.82) is 0 Å². The normalized spacial score (nSPS) is 20.3. The van der Waals surface area contributed by atoms with E-state index in [4.69, 9.17) is 0 Å². The number of hydrogen-bond donors (Lipinski definition) is 0. The van der Waals surface area contributed by atoms with E-state index < -0.39 is 0 Å². The van der Waals surface area contributed by atoms with E-state index in [9.17, 15) is 4.79 Å². The first-order valence-electron chi connectivity index (χ1n) is 3.76. The van der Waals surface area contributed by atoms with Gasteiger partial charge in [-0.15, -0.1) is 0 Å². The largest absolute Gasteiger partial charge is 0.298 e. The Morgan fingerprint density at radius 2 is 2.45 bits per heavy atom. The second-order valence-corrected chi connectivity index (χ2v) is 3.99. The Bertz CT molecular complexity index is 177. The maximum absolute atomic E-state index is 11.0. The van der Waals surface area contributed by atoms with Crippen LogP contribution >= 0.6 is 15.9 Å². The Kier molecular flexibility index (Phi) is 3.27. The van der Waals surface area contributed by atoms with Crippen LogP contribution in [0.4, 0.5) is 0 Å². The number of hydrogen-bond acceptors (Lipinski definition) is 2. The van der Waals surface area contributed by atoms with Crippen LogP contribution < -0.4 is 0 Å². The minimum atomic E-state index is 0.352. The summed E-state index contributed by atoms with van der Waals surface area (Å²) in [7, 11) is 0. The zero-order valence-electron chi connectivity index (χ0n) is 6.48. The molecule has 3 heteroatoms. The van der Waals surface area contributed by atoms with Crippen LogP contribution in [0, 0.1) is 0 Å². The molecule has 0 aliphatic carbocycles. The second kappa shape index (κ2) is 4.02. The number of nitrogens with zero attached hydrogens (tertiary/aromatic N) is 1. The second-order valence-electron chi connectivity index (χ2n) is 2.87. The molecule has 0 amide bonds. The van der Waals surface area contributed by atoms with Crippen LogP contribution in [0.15, 0.2) is 11.1 Å². The molecule has 1 heterocycles. The van der Waals surface area contributed by atoms with E-state index in [2.05, 4.69) is 27.4 Å². The molecule has 1 fully saturated rings. The lowest BCUT2D eigenvalue weighted by atomic mass is 10.1. The number of carbonyl (C=O) groups excluding carboxylic acids is 1. The standard InChI is InChI=1S/C8H12BrNO/c1-7(9)5-10-4-2-3-8(11)6-10/h1-6H2. The zero-order chi connectivity index (χ0) is 8.27. The van der Waals surface area contributed by atoms with Crippen LogP contribution in [0.5, 0.6) is 0 Å². The maximum Gasteiger partial charge on any atom is 0.146 e. The molecule has 2 nitrogen and oxygen atoms in total. The van der Waals surface area contributed by atoms with Gasteiger partial charge in [0, 0.05) is 17.4 Å². The number of ketones is 1. The highest BCUT2D eigenvalue weighted by atomic mass is 79.9. The van der Waals surface area contributed by atoms with Crippen molar-refractivity contribution in [3.8, 4) is 0 Å². The van der Waals surface area contributed by atoms with Crippen molar-refractivity contribution >= 4 is 21.7 Å². The van der Waals surface area contributed by atoms with E-state index in [-0.39, 0.29) is 0 Å². The first-order chi connectivity index (χ1) is 5.18. The molecule has 0 atom stereocenters. The molecule has 0 unspecified atom stereocenters. The van der Waals surface area contributed by atoms with Gasteiger partial charge in [0.25, 0.3) is 0 Å². The molecule has 0 aromatic heterocycles. The predicted molar refractivity (Wildman–Crippen MR) is 48.7 cm³/mol. The molecule has 1 aliphatic rings. The van der Waals surface area contributed by atoms with E-state index >= 15 is 0 Å². The Morgan fingerprint density at radius 3 is 3.00 bits per heavy atom. The Balaban J connectivity index is 2.34. The molecule has 0 aromatic carbocycles. The van der Waals surface area contributed by atoms with E-state index in [1.165, 1.54) is 0 Å². The molecule has 0 bridgehead atoms. The fourth-order valence-corrected chi connectivity index (χ4v) is 1.64. The van der Waals surface area contributed by atoms with Gasteiger partial charge in [-0.25, -0.2) is 0 Å². The van der Waals surface area contributed by atoms with Gasteiger partial charge in [0.1, 0.15) is 5.78 Å². The Morgan fingerprint density at radius 1 is 1.73 bits per heavy atom. The van der Waals surface area contributed by atoms with Crippen LogP contribution in [0.2, 0.25) is 0 Å². The van der Waals surface area contributed by atoms with Crippen LogP contribution in [0.25, 0.3) is 0 Å². The van der Waals surface area contributed by atoms with Gasteiger partial charge in [-0.05, 0) is 13.0 Å². The maximum atomic E-state index is 11.0. The van der Waals surface area contributed by atoms with Gasteiger partial charge in [-0.1, -0.05) is 22.5 Å². The summed E-state index contributed by atoms with van der Waals surface area (Å²) in [5, 5.41) is 0. The van der Waals surface area contributed by atoms with Crippen molar-refractivity contribution in [2.75, 3.05) is 19.6 Å². The highest BCUT2D eigenvalue weighted by Gasteiger charge is 2.15. The highest BCUT2D eigenvalue weighted by molar-refractivity contribution is 9.11. The fraction of sp³-hybridized carbons (Fsp3) is 0.625. The van der Waals surface area contributed by atoms with Crippen molar-refractivity contribution < 1.29 is 4.79 Å². The van der Waals surface area contributed by atoms with Gasteiger partial charge in [0.15, 0.2) is 0 Å². The molecule has 11 heavy (non-hydrogen) atoms. The van der Waals surface area contributed by atoms with E-state index in [1.54, 1.807) is 0 Å². The molecular formula is C8H12BrNO. The molecule has 0 spiro atoms. The monoisotopic (exact) mass is 217 g/mol. The third-order valence-electron chi connectivity index (χ3n) is 1.73. The van der Waals surface area contributed by atoms with Crippen molar-refractivity contribution in [3.05, 3.63) is 11.1 Å². The first-order valence-corrected chi connectivity index (χ1v) is 4.55. The zero-order valence-corrected chi connectivity index (χ0v) is 8.06. The van der Waals surface area contributed by atoms with Crippen LogP contribution in [0.3, 0.4) is 0 Å². The molecule has 1 aliphatic heterocycles. The summed E-state index contributed by atoms with van der Waals surface area (Å²) in [6.07, 6.45) is 1.75. The molecule has 0 N–H and O–H groups in total. The number of Topliss-reactive ketones (excluding diaryl/α,β-unsaturated/α-hetero) is 1. The third kappa shape index (κ3) is 3.16. The summed E-state index contributed by atoms with van der Waals surface area (Å²) in [6.45, 7) is 6.16. The number of rotatable bonds is 2. The van der Waals surface area contributed by atoms with E-state index in [0.29, 0.717) is 12.3 Å². The van der Waals surface area contributed by atoms with E-state index in [0.717, 1.165) is 30.4 Å². The first kappa shape index (κ1) is 8.94. The Hall–Kier alpha value is -0.150. The smallest absolute Gasteiger partial charge is 0.146 e. The van der Waals surface area contributed by atoms with E-state index in [1.807, 2.05) is 0 Å². The van der Waals surface area contributed by atoms with Gasteiger partial charge in [-0.2, -0.15) is 0 Å². The molecule has 1 rings (SSSR count). The van der Waals surface area contributed by atoms with Gasteiger partial charge >= 0.3 is 0 Å². The predicted octanol–water partition coefficient (Wildman–Crippen LogP) is 1.56. The Labute approximate surface area is 75.4 Å². The quantitative estimate of drug-likeness (QED) is 0.700. The van der Waals surface area contributed by atoms with Crippen LogP contribution in [-0.4, -0.2) is 30.3 Å². The number of likely N-dealkylation sites (tertiary alicyclic amines) is 1. The lowest BCUT2D eigenvalue weighted by Crippen LogP contribution is -2.36. The minimum absolute atomic E-state index is 0.352. The summed E-state index contributed by atoms with van der Waals surface area (Å²) in [4.78, 5) is 13.1. The van der Waals surface area contributed by atoms with Gasteiger partial charge < -0.3 is 0 Å².